The Morgan fingerprint density at radius 1 is 1.19 bits per heavy atom. The molecule has 31 heavy (non-hydrogen) atoms. The number of hydrogen-bond acceptors (Lipinski definition) is 5. The van der Waals surface area contributed by atoms with Gasteiger partial charge in [0.25, 0.3) is 5.56 Å². The summed E-state index contributed by atoms with van der Waals surface area (Å²) in [6.45, 7) is 4.98. The van der Waals surface area contributed by atoms with E-state index in [9.17, 15) is 9.59 Å². The molecule has 0 bridgehead atoms. The van der Waals surface area contributed by atoms with Crippen molar-refractivity contribution < 1.29 is 9.53 Å². The van der Waals surface area contributed by atoms with Gasteiger partial charge in [0.05, 0.1) is 34.8 Å². The number of thioether (sulfide) groups is 1. The lowest BCUT2D eigenvalue weighted by atomic mass is 10.1. The SMILES string of the molecule is C[C@H](Sc1nc2ccccc2c(=O)n1C[C@H]1CCCO1)C(=O)N[C@@H](C)c1ccccc1. The first-order chi connectivity index (χ1) is 15.0. The second-order valence-electron chi connectivity index (χ2n) is 7.86. The molecule has 1 fully saturated rings. The van der Waals surface area contributed by atoms with Crippen LogP contribution in [0.3, 0.4) is 0 Å². The standard InChI is InChI=1S/C24H27N3O3S/c1-16(18-9-4-3-5-10-18)25-22(28)17(2)31-24-26-21-13-7-6-12-20(21)23(29)27(24)15-19-11-8-14-30-19/h3-7,9-10,12-13,16-17,19H,8,11,14-15H2,1-2H3,(H,25,28)/t16-,17-,19+/m0/s1. The molecular formula is C24H27N3O3S. The molecule has 0 spiro atoms. The van der Waals surface area contributed by atoms with Gasteiger partial charge < -0.3 is 10.1 Å². The maximum absolute atomic E-state index is 13.2. The maximum Gasteiger partial charge on any atom is 0.262 e. The van der Waals surface area contributed by atoms with Crippen LogP contribution in [0.4, 0.5) is 0 Å². The van der Waals surface area contributed by atoms with Crippen LogP contribution in [0.25, 0.3) is 10.9 Å². The maximum atomic E-state index is 13.2. The Morgan fingerprint density at radius 3 is 2.68 bits per heavy atom. The number of nitrogens with zero attached hydrogens (tertiary/aromatic N) is 2. The molecule has 2 aromatic carbocycles. The van der Waals surface area contributed by atoms with Gasteiger partial charge in [-0.2, -0.15) is 0 Å². The lowest BCUT2D eigenvalue weighted by Crippen LogP contribution is -2.34. The Kier molecular flexibility index (Phi) is 6.73. The smallest absolute Gasteiger partial charge is 0.262 e. The van der Waals surface area contributed by atoms with E-state index in [0.29, 0.717) is 22.6 Å². The molecule has 7 heteroatoms. The molecule has 2 heterocycles. The lowest BCUT2D eigenvalue weighted by Gasteiger charge is -2.20. The molecule has 1 aliphatic rings. The highest BCUT2D eigenvalue weighted by atomic mass is 32.2. The van der Waals surface area contributed by atoms with E-state index in [1.807, 2.05) is 62.4 Å². The summed E-state index contributed by atoms with van der Waals surface area (Å²) < 4.78 is 7.43. The number of carbonyl (C=O) groups is 1. The van der Waals surface area contributed by atoms with Crippen molar-refractivity contribution in [2.45, 2.75) is 55.8 Å². The summed E-state index contributed by atoms with van der Waals surface area (Å²) in [5.41, 5.74) is 1.60. The zero-order chi connectivity index (χ0) is 21.8. The summed E-state index contributed by atoms with van der Waals surface area (Å²) >= 11 is 1.31. The van der Waals surface area contributed by atoms with E-state index in [1.54, 1.807) is 10.6 Å². The minimum Gasteiger partial charge on any atom is -0.376 e. The predicted molar refractivity (Wildman–Crippen MR) is 123 cm³/mol. The van der Waals surface area contributed by atoms with Crippen LogP contribution >= 0.6 is 11.8 Å². The van der Waals surface area contributed by atoms with Gasteiger partial charge in [0.1, 0.15) is 0 Å². The summed E-state index contributed by atoms with van der Waals surface area (Å²) in [4.78, 5) is 30.8. The largest absolute Gasteiger partial charge is 0.376 e. The van der Waals surface area contributed by atoms with E-state index in [1.165, 1.54) is 11.8 Å². The fraction of sp³-hybridized carbons (Fsp3) is 0.375. The number of ether oxygens (including phenoxy) is 1. The van der Waals surface area contributed by atoms with Gasteiger partial charge in [-0.15, -0.1) is 0 Å². The molecule has 6 nitrogen and oxygen atoms in total. The Labute approximate surface area is 186 Å². The number of hydrogen-bond donors (Lipinski definition) is 1. The monoisotopic (exact) mass is 437 g/mol. The first-order valence-electron chi connectivity index (χ1n) is 10.7. The molecule has 1 aliphatic heterocycles. The minimum absolute atomic E-state index is 0.00208. The van der Waals surface area contributed by atoms with Crippen LogP contribution in [-0.4, -0.2) is 33.4 Å². The number of fused-ring (bicyclic) bond motifs is 1. The predicted octanol–water partition coefficient (Wildman–Crippen LogP) is 3.93. The third kappa shape index (κ3) is 4.99. The van der Waals surface area contributed by atoms with Crippen molar-refractivity contribution in [1.29, 1.82) is 0 Å². The highest BCUT2D eigenvalue weighted by molar-refractivity contribution is 8.00. The van der Waals surface area contributed by atoms with Crippen LogP contribution in [0.15, 0.2) is 64.5 Å². The molecule has 0 saturated carbocycles. The van der Waals surface area contributed by atoms with Gasteiger partial charge >= 0.3 is 0 Å². The van der Waals surface area contributed by atoms with Crippen LogP contribution in [0, 0.1) is 0 Å². The van der Waals surface area contributed by atoms with E-state index >= 15 is 0 Å². The highest BCUT2D eigenvalue weighted by Crippen LogP contribution is 2.25. The number of aromatic nitrogens is 2. The summed E-state index contributed by atoms with van der Waals surface area (Å²) in [5.74, 6) is -0.0903. The van der Waals surface area contributed by atoms with Crippen molar-refractivity contribution in [1.82, 2.24) is 14.9 Å². The topological polar surface area (TPSA) is 73.2 Å². The lowest BCUT2D eigenvalue weighted by molar-refractivity contribution is -0.120. The number of amides is 1. The van der Waals surface area contributed by atoms with Crippen LogP contribution in [0.2, 0.25) is 0 Å². The van der Waals surface area contributed by atoms with E-state index < -0.39 is 5.25 Å². The average molecular weight is 438 g/mol. The molecule has 0 aliphatic carbocycles. The number of rotatable bonds is 7. The van der Waals surface area contributed by atoms with Gasteiger partial charge in [-0.1, -0.05) is 54.2 Å². The van der Waals surface area contributed by atoms with Crippen LogP contribution in [0.5, 0.6) is 0 Å². The number of para-hydroxylation sites is 1. The second kappa shape index (κ2) is 9.66. The van der Waals surface area contributed by atoms with Gasteiger partial charge in [0.2, 0.25) is 5.91 Å². The molecular weight excluding hydrogens is 410 g/mol. The first kappa shape index (κ1) is 21.6. The number of nitrogens with one attached hydrogen (secondary N) is 1. The van der Waals surface area contributed by atoms with Crippen LogP contribution < -0.4 is 10.9 Å². The quantitative estimate of drug-likeness (QED) is 0.448. The molecule has 0 unspecified atom stereocenters. The summed E-state index contributed by atoms with van der Waals surface area (Å²) in [7, 11) is 0. The molecule has 3 aromatic rings. The minimum atomic E-state index is -0.407. The van der Waals surface area contributed by atoms with Crippen molar-refractivity contribution >= 4 is 28.6 Å². The average Bonchev–Trinajstić information content (AvgIpc) is 3.30. The second-order valence-corrected chi connectivity index (χ2v) is 9.17. The van der Waals surface area contributed by atoms with Gasteiger partial charge in [-0.3, -0.25) is 14.2 Å². The van der Waals surface area contributed by atoms with E-state index in [4.69, 9.17) is 9.72 Å². The zero-order valence-electron chi connectivity index (χ0n) is 17.8. The van der Waals surface area contributed by atoms with Crippen LogP contribution in [0.1, 0.15) is 38.3 Å². The Bertz CT molecular complexity index is 1110. The Hall–Kier alpha value is -2.64. The third-order valence-electron chi connectivity index (χ3n) is 5.55. The molecule has 0 radical (unpaired) electrons. The van der Waals surface area contributed by atoms with E-state index in [2.05, 4.69) is 5.32 Å². The fourth-order valence-electron chi connectivity index (χ4n) is 3.76. The molecule has 1 amide bonds. The Balaban J connectivity index is 1.57. The van der Waals surface area contributed by atoms with E-state index in [0.717, 1.165) is 25.0 Å². The van der Waals surface area contributed by atoms with Gasteiger partial charge in [0.15, 0.2) is 5.16 Å². The van der Waals surface area contributed by atoms with Gasteiger partial charge in [-0.25, -0.2) is 4.98 Å². The van der Waals surface area contributed by atoms with E-state index in [-0.39, 0.29) is 23.6 Å². The molecule has 4 rings (SSSR count). The summed E-state index contributed by atoms with van der Waals surface area (Å²) in [6.07, 6.45) is 1.93. The highest BCUT2D eigenvalue weighted by Gasteiger charge is 2.24. The normalized spacial score (nSPS) is 18.1. The van der Waals surface area contributed by atoms with Crippen molar-refractivity contribution in [2.24, 2.45) is 0 Å². The van der Waals surface area contributed by atoms with Crippen molar-refractivity contribution in [2.75, 3.05) is 6.61 Å². The molecule has 1 N–H and O–H groups in total. The van der Waals surface area contributed by atoms with Crippen LogP contribution in [-0.2, 0) is 16.1 Å². The van der Waals surface area contributed by atoms with Gasteiger partial charge in [-0.05, 0) is 44.4 Å². The summed E-state index contributed by atoms with van der Waals surface area (Å²) in [6, 6.07) is 17.1. The third-order valence-corrected chi connectivity index (χ3v) is 6.64. The molecule has 3 atom stereocenters. The summed E-state index contributed by atoms with van der Waals surface area (Å²) in [5, 5.41) is 3.79. The first-order valence-corrected chi connectivity index (χ1v) is 11.5. The number of carbonyl (C=O) groups excluding carboxylic acids is 1. The molecule has 1 aromatic heterocycles. The van der Waals surface area contributed by atoms with Crippen molar-refractivity contribution in [3.05, 3.63) is 70.5 Å². The number of benzene rings is 2. The Morgan fingerprint density at radius 2 is 1.94 bits per heavy atom. The van der Waals surface area contributed by atoms with Crippen molar-refractivity contribution in [3.8, 4) is 0 Å². The zero-order valence-corrected chi connectivity index (χ0v) is 18.6. The fourth-order valence-corrected chi connectivity index (χ4v) is 4.69. The molecule has 1 saturated heterocycles. The van der Waals surface area contributed by atoms with Gasteiger partial charge in [0, 0.05) is 6.61 Å². The van der Waals surface area contributed by atoms with Crippen molar-refractivity contribution in [3.63, 3.8) is 0 Å². The molecule has 162 valence electrons.